The van der Waals surface area contributed by atoms with E-state index in [1.807, 2.05) is 0 Å². The van der Waals surface area contributed by atoms with Gasteiger partial charge in [-0.05, 0) is 35.4 Å². The second-order valence-corrected chi connectivity index (χ2v) is 4.90. The van der Waals surface area contributed by atoms with Crippen LogP contribution in [0.4, 0.5) is 4.39 Å². The van der Waals surface area contributed by atoms with E-state index in [0.29, 0.717) is 28.1 Å². The molecule has 0 amide bonds. The molecular formula is C16H10ClFO. The van der Waals surface area contributed by atoms with Crippen LogP contribution in [0.3, 0.4) is 0 Å². The van der Waals surface area contributed by atoms with Gasteiger partial charge in [0, 0.05) is 22.6 Å². The summed E-state index contributed by atoms with van der Waals surface area (Å²) in [6.45, 7) is 0. The molecule has 1 nitrogen and oxygen atoms in total. The average molecular weight is 273 g/mol. The van der Waals surface area contributed by atoms with Gasteiger partial charge in [0.2, 0.25) is 0 Å². The van der Waals surface area contributed by atoms with Crippen molar-refractivity contribution in [2.45, 2.75) is 6.42 Å². The van der Waals surface area contributed by atoms with Crippen LogP contribution in [0.5, 0.6) is 0 Å². The van der Waals surface area contributed by atoms with Gasteiger partial charge in [0.1, 0.15) is 5.82 Å². The molecule has 2 aromatic carbocycles. The second-order valence-electron chi connectivity index (χ2n) is 4.50. The molecule has 0 N–H and O–H groups in total. The van der Waals surface area contributed by atoms with Crippen molar-refractivity contribution < 1.29 is 9.18 Å². The molecule has 0 radical (unpaired) electrons. The quantitative estimate of drug-likeness (QED) is 0.707. The molecule has 0 aliphatic heterocycles. The van der Waals surface area contributed by atoms with Gasteiger partial charge in [-0.3, -0.25) is 4.79 Å². The molecule has 0 spiro atoms. The third-order valence-electron chi connectivity index (χ3n) is 3.21. The topological polar surface area (TPSA) is 17.1 Å². The number of fused-ring (bicyclic) bond motifs is 1. The summed E-state index contributed by atoms with van der Waals surface area (Å²) in [5.41, 5.74) is 2.84. The lowest BCUT2D eigenvalue weighted by Gasteiger charge is -1.97. The first kappa shape index (κ1) is 12.1. The van der Waals surface area contributed by atoms with E-state index in [-0.39, 0.29) is 11.6 Å². The lowest BCUT2D eigenvalue weighted by Crippen LogP contribution is -1.95. The molecule has 2 aromatic rings. The molecule has 19 heavy (non-hydrogen) atoms. The molecule has 0 fully saturated rings. The number of hydrogen-bond acceptors (Lipinski definition) is 1. The lowest BCUT2D eigenvalue weighted by molar-refractivity contribution is 0.104. The summed E-state index contributed by atoms with van der Waals surface area (Å²) in [6, 6.07) is 11.5. The van der Waals surface area contributed by atoms with Gasteiger partial charge in [-0.2, -0.15) is 0 Å². The molecule has 3 rings (SSSR count). The molecule has 0 bridgehead atoms. The summed E-state index contributed by atoms with van der Waals surface area (Å²) < 4.78 is 13.1. The maximum atomic E-state index is 13.1. The summed E-state index contributed by atoms with van der Waals surface area (Å²) in [4.78, 5) is 12.2. The Morgan fingerprint density at radius 2 is 1.95 bits per heavy atom. The summed E-state index contributed by atoms with van der Waals surface area (Å²) in [6.07, 6.45) is 2.23. The highest BCUT2D eigenvalue weighted by Gasteiger charge is 2.26. The molecule has 0 atom stereocenters. The summed E-state index contributed by atoms with van der Waals surface area (Å²) >= 11 is 6.09. The van der Waals surface area contributed by atoms with Gasteiger partial charge in [-0.1, -0.05) is 35.9 Å². The molecule has 94 valence electrons. The van der Waals surface area contributed by atoms with Gasteiger partial charge in [-0.15, -0.1) is 0 Å². The molecule has 1 aliphatic rings. The summed E-state index contributed by atoms with van der Waals surface area (Å²) in [5.74, 6) is -0.336. The van der Waals surface area contributed by atoms with Crippen LogP contribution >= 0.6 is 11.6 Å². The Hall–Kier alpha value is -1.93. The molecular weight excluding hydrogens is 263 g/mol. The molecule has 3 heteroatoms. The maximum absolute atomic E-state index is 13.1. The Labute approximate surface area is 115 Å². The number of carbonyl (C=O) groups is 1. The van der Waals surface area contributed by atoms with Crippen molar-refractivity contribution in [3.8, 4) is 0 Å². The first-order chi connectivity index (χ1) is 9.15. The monoisotopic (exact) mass is 272 g/mol. The Morgan fingerprint density at radius 3 is 2.68 bits per heavy atom. The minimum Gasteiger partial charge on any atom is -0.289 e. The fourth-order valence-electron chi connectivity index (χ4n) is 2.31. The number of halogens is 2. The SMILES string of the molecule is O=C1C(=Cc2cccc(F)c2)Cc2c(Cl)cccc21. The van der Waals surface area contributed by atoms with Crippen molar-refractivity contribution >= 4 is 23.5 Å². The smallest absolute Gasteiger partial charge is 0.189 e. The van der Waals surface area contributed by atoms with E-state index in [4.69, 9.17) is 11.6 Å². The lowest BCUT2D eigenvalue weighted by atomic mass is 10.1. The average Bonchev–Trinajstić information content (AvgIpc) is 2.69. The van der Waals surface area contributed by atoms with Gasteiger partial charge in [0.15, 0.2) is 5.78 Å². The zero-order valence-corrected chi connectivity index (χ0v) is 10.7. The highest BCUT2D eigenvalue weighted by atomic mass is 35.5. The van der Waals surface area contributed by atoms with Gasteiger partial charge >= 0.3 is 0 Å². The first-order valence-corrected chi connectivity index (χ1v) is 6.31. The molecule has 1 aliphatic carbocycles. The molecule has 0 aromatic heterocycles. The van der Waals surface area contributed by atoms with E-state index in [1.54, 1.807) is 36.4 Å². The number of hydrogen-bond donors (Lipinski definition) is 0. The van der Waals surface area contributed by atoms with Crippen molar-refractivity contribution in [2.24, 2.45) is 0 Å². The molecule has 0 unspecified atom stereocenters. The third-order valence-corrected chi connectivity index (χ3v) is 3.57. The zero-order valence-electron chi connectivity index (χ0n) is 9.99. The number of benzene rings is 2. The van der Waals surface area contributed by atoms with E-state index in [9.17, 15) is 9.18 Å². The highest BCUT2D eigenvalue weighted by molar-refractivity contribution is 6.33. The van der Waals surface area contributed by atoms with E-state index in [2.05, 4.69) is 0 Å². The maximum Gasteiger partial charge on any atom is 0.189 e. The predicted molar refractivity (Wildman–Crippen MR) is 73.9 cm³/mol. The number of ketones is 1. The van der Waals surface area contributed by atoms with Crippen LogP contribution < -0.4 is 0 Å². The zero-order chi connectivity index (χ0) is 13.4. The van der Waals surface area contributed by atoms with Gasteiger partial charge in [-0.25, -0.2) is 4.39 Å². The van der Waals surface area contributed by atoms with Gasteiger partial charge < -0.3 is 0 Å². The van der Waals surface area contributed by atoms with Gasteiger partial charge in [0.25, 0.3) is 0 Å². The predicted octanol–water partition coefficient (Wildman–Crippen LogP) is 4.30. The summed E-state index contributed by atoms with van der Waals surface area (Å²) in [5, 5.41) is 0.605. The van der Waals surface area contributed by atoms with Crippen LogP contribution in [0.15, 0.2) is 48.0 Å². The number of allylic oxidation sites excluding steroid dienone is 1. The fraction of sp³-hybridized carbons (Fsp3) is 0.0625. The first-order valence-electron chi connectivity index (χ1n) is 5.93. The van der Waals surface area contributed by atoms with Crippen molar-refractivity contribution in [2.75, 3.05) is 0 Å². The van der Waals surface area contributed by atoms with Crippen molar-refractivity contribution in [1.82, 2.24) is 0 Å². The Kier molecular flexibility index (Phi) is 2.96. The van der Waals surface area contributed by atoms with Crippen LogP contribution in [0.2, 0.25) is 5.02 Å². The largest absolute Gasteiger partial charge is 0.289 e. The van der Waals surface area contributed by atoms with E-state index in [1.165, 1.54) is 12.1 Å². The highest BCUT2D eigenvalue weighted by Crippen LogP contribution is 2.32. The normalized spacial score (nSPS) is 15.9. The summed E-state index contributed by atoms with van der Waals surface area (Å²) in [7, 11) is 0. The minimum atomic E-state index is -0.310. The van der Waals surface area contributed by atoms with Gasteiger partial charge in [0.05, 0.1) is 0 Å². The standard InChI is InChI=1S/C16H10ClFO/c17-15-6-2-5-13-14(15)9-11(16(13)19)7-10-3-1-4-12(18)8-10/h1-8H,9H2. The van der Waals surface area contributed by atoms with E-state index < -0.39 is 0 Å². The second kappa shape index (κ2) is 4.63. The van der Waals surface area contributed by atoms with Crippen LogP contribution in [0.25, 0.3) is 6.08 Å². The van der Waals surface area contributed by atoms with E-state index in [0.717, 1.165) is 5.56 Å². The minimum absolute atomic E-state index is 0.0261. The van der Waals surface area contributed by atoms with Crippen LogP contribution in [0, 0.1) is 5.82 Å². The number of rotatable bonds is 1. The Bertz CT molecular complexity index is 704. The fourth-order valence-corrected chi connectivity index (χ4v) is 2.55. The van der Waals surface area contributed by atoms with Crippen LogP contribution in [0.1, 0.15) is 21.5 Å². The Balaban J connectivity index is 2.02. The number of Topliss-reactive ketones (excluding diaryl/α,β-unsaturated/α-hetero) is 1. The van der Waals surface area contributed by atoms with Crippen molar-refractivity contribution in [3.63, 3.8) is 0 Å². The Morgan fingerprint density at radius 1 is 1.16 bits per heavy atom. The van der Waals surface area contributed by atoms with Crippen molar-refractivity contribution in [3.05, 3.63) is 75.6 Å². The van der Waals surface area contributed by atoms with E-state index >= 15 is 0 Å². The molecule has 0 saturated carbocycles. The van der Waals surface area contributed by atoms with Crippen LogP contribution in [-0.4, -0.2) is 5.78 Å². The third kappa shape index (κ3) is 2.20. The van der Waals surface area contributed by atoms with Crippen molar-refractivity contribution in [1.29, 1.82) is 0 Å². The number of carbonyl (C=O) groups excluding carboxylic acids is 1. The molecule has 0 heterocycles. The molecule has 0 saturated heterocycles. The van der Waals surface area contributed by atoms with Crippen LogP contribution in [-0.2, 0) is 6.42 Å².